The molecule has 0 saturated carbocycles. The topological polar surface area (TPSA) is 42.2 Å². The molecule has 0 amide bonds. The van der Waals surface area contributed by atoms with Gasteiger partial charge in [-0.15, -0.1) is 0 Å². The van der Waals surface area contributed by atoms with Gasteiger partial charge in [0, 0.05) is 20.0 Å². The smallest absolute Gasteiger partial charge is 0.157 e. The summed E-state index contributed by atoms with van der Waals surface area (Å²) in [5.41, 5.74) is 0. The van der Waals surface area contributed by atoms with Crippen LogP contribution in [0.2, 0.25) is 0 Å². The normalized spacial score (nSPS) is 31.3. The summed E-state index contributed by atoms with van der Waals surface area (Å²) < 4.78 is 10.3. The van der Waals surface area contributed by atoms with Gasteiger partial charge in [0.2, 0.25) is 0 Å². The molecule has 0 spiro atoms. The SMILES string of the molecule is COC1CC(CC#N)CCO1. The van der Waals surface area contributed by atoms with Crippen LogP contribution in [0.15, 0.2) is 0 Å². The molecular weight excluding hydrogens is 142 g/mol. The average molecular weight is 155 g/mol. The van der Waals surface area contributed by atoms with Crippen molar-refractivity contribution >= 4 is 0 Å². The lowest BCUT2D eigenvalue weighted by Gasteiger charge is -2.26. The Balaban J connectivity index is 2.28. The molecule has 1 fully saturated rings. The molecule has 0 aromatic carbocycles. The Morgan fingerprint density at radius 2 is 2.55 bits per heavy atom. The standard InChI is InChI=1S/C8H13NO2/c1-10-8-6-7(2-4-9)3-5-11-8/h7-8H,2-3,5-6H2,1H3. The van der Waals surface area contributed by atoms with Crippen LogP contribution in [-0.2, 0) is 9.47 Å². The first-order chi connectivity index (χ1) is 5.36. The van der Waals surface area contributed by atoms with Gasteiger partial charge in [-0.3, -0.25) is 0 Å². The highest BCUT2D eigenvalue weighted by atomic mass is 16.7. The minimum Gasteiger partial charge on any atom is -0.356 e. The first kappa shape index (κ1) is 8.51. The first-order valence-corrected chi connectivity index (χ1v) is 3.88. The molecule has 11 heavy (non-hydrogen) atoms. The zero-order chi connectivity index (χ0) is 8.10. The van der Waals surface area contributed by atoms with Gasteiger partial charge in [0.25, 0.3) is 0 Å². The Morgan fingerprint density at radius 3 is 3.18 bits per heavy atom. The fraction of sp³-hybridized carbons (Fsp3) is 0.875. The summed E-state index contributed by atoms with van der Waals surface area (Å²) in [5.74, 6) is 0.471. The summed E-state index contributed by atoms with van der Waals surface area (Å²) in [4.78, 5) is 0. The monoisotopic (exact) mass is 155 g/mol. The van der Waals surface area contributed by atoms with E-state index >= 15 is 0 Å². The van der Waals surface area contributed by atoms with E-state index in [9.17, 15) is 0 Å². The molecule has 1 heterocycles. The Hall–Kier alpha value is -0.590. The Kier molecular flexibility index (Phi) is 3.34. The van der Waals surface area contributed by atoms with Gasteiger partial charge >= 0.3 is 0 Å². The highest BCUT2D eigenvalue weighted by Crippen LogP contribution is 2.22. The van der Waals surface area contributed by atoms with Gasteiger partial charge in [-0.25, -0.2) is 0 Å². The fourth-order valence-electron chi connectivity index (χ4n) is 1.30. The predicted octanol–water partition coefficient (Wildman–Crippen LogP) is 1.30. The molecule has 2 atom stereocenters. The molecule has 0 N–H and O–H groups in total. The zero-order valence-corrected chi connectivity index (χ0v) is 6.75. The lowest BCUT2D eigenvalue weighted by atomic mass is 9.96. The predicted molar refractivity (Wildman–Crippen MR) is 39.7 cm³/mol. The summed E-state index contributed by atoms with van der Waals surface area (Å²) in [7, 11) is 1.64. The summed E-state index contributed by atoms with van der Waals surface area (Å²) in [6.45, 7) is 0.727. The molecule has 0 aliphatic carbocycles. The lowest BCUT2D eigenvalue weighted by molar-refractivity contribution is -0.157. The maximum Gasteiger partial charge on any atom is 0.157 e. The Morgan fingerprint density at radius 1 is 1.73 bits per heavy atom. The van der Waals surface area contributed by atoms with Crippen LogP contribution in [0.1, 0.15) is 19.3 Å². The van der Waals surface area contributed by atoms with E-state index in [1.807, 2.05) is 0 Å². The van der Waals surface area contributed by atoms with Gasteiger partial charge in [0.1, 0.15) is 0 Å². The third kappa shape index (κ3) is 2.49. The van der Waals surface area contributed by atoms with Crippen LogP contribution in [0.25, 0.3) is 0 Å². The van der Waals surface area contributed by atoms with E-state index in [4.69, 9.17) is 14.7 Å². The summed E-state index contributed by atoms with van der Waals surface area (Å²) >= 11 is 0. The Bertz CT molecular complexity index is 153. The van der Waals surface area contributed by atoms with Gasteiger partial charge in [-0.2, -0.15) is 5.26 Å². The average Bonchev–Trinajstić information content (AvgIpc) is 2.06. The largest absolute Gasteiger partial charge is 0.356 e. The molecule has 0 aromatic rings. The molecule has 0 radical (unpaired) electrons. The second kappa shape index (κ2) is 4.32. The molecule has 1 aliphatic heterocycles. The lowest BCUT2D eigenvalue weighted by Crippen LogP contribution is -2.26. The first-order valence-electron chi connectivity index (χ1n) is 3.88. The van der Waals surface area contributed by atoms with Crippen LogP contribution >= 0.6 is 0 Å². The van der Waals surface area contributed by atoms with Gasteiger partial charge in [-0.05, 0) is 12.3 Å². The zero-order valence-electron chi connectivity index (χ0n) is 6.75. The number of nitriles is 1. The van der Waals surface area contributed by atoms with Crippen molar-refractivity contribution in [1.29, 1.82) is 5.26 Å². The van der Waals surface area contributed by atoms with Crippen molar-refractivity contribution in [2.75, 3.05) is 13.7 Å². The van der Waals surface area contributed by atoms with Gasteiger partial charge in [-0.1, -0.05) is 0 Å². The quantitative estimate of drug-likeness (QED) is 0.603. The third-order valence-corrected chi connectivity index (χ3v) is 2.00. The van der Waals surface area contributed by atoms with Gasteiger partial charge in [0.15, 0.2) is 6.29 Å². The number of hydrogen-bond acceptors (Lipinski definition) is 3. The molecule has 1 saturated heterocycles. The molecule has 0 bridgehead atoms. The van der Waals surface area contributed by atoms with E-state index in [2.05, 4.69) is 6.07 Å². The van der Waals surface area contributed by atoms with Crippen LogP contribution in [0.4, 0.5) is 0 Å². The van der Waals surface area contributed by atoms with E-state index in [1.54, 1.807) is 7.11 Å². The van der Waals surface area contributed by atoms with Crippen LogP contribution in [0.5, 0.6) is 0 Å². The maximum atomic E-state index is 8.45. The van der Waals surface area contributed by atoms with Crippen LogP contribution in [0, 0.1) is 17.2 Å². The molecule has 3 heteroatoms. The van der Waals surface area contributed by atoms with Crippen molar-refractivity contribution in [3.8, 4) is 6.07 Å². The molecule has 1 rings (SSSR count). The van der Waals surface area contributed by atoms with Crippen molar-refractivity contribution in [1.82, 2.24) is 0 Å². The van der Waals surface area contributed by atoms with Gasteiger partial charge < -0.3 is 9.47 Å². The fourth-order valence-corrected chi connectivity index (χ4v) is 1.30. The molecule has 62 valence electrons. The van der Waals surface area contributed by atoms with Crippen LogP contribution in [-0.4, -0.2) is 20.0 Å². The Labute approximate surface area is 66.9 Å². The van der Waals surface area contributed by atoms with Crippen molar-refractivity contribution < 1.29 is 9.47 Å². The number of nitrogens with zero attached hydrogens (tertiary/aromatic N) is 1. The second-order valence-corrected chi connectivity index (χ2v) is 2.79. The van der Waals surface area contributed by atoms with Crippen LogP contribution in [0.3, 0.4) is 0 Å². The van der Waals surface area contributed by atoms with E-state index in [1.165, 1.54) is 0 Å². The molecule has 2 unspecified atom stereocenters. The van der Waals surface area contributed by atoms with Crippen molar-refractivity contribution in [2.45, 2.75) is 25.6 Å². The summed E-state index contributed by atoms with van der Waals surface area (Å²) in [6, 6.07) is 2.17. The molecule has 3 nitrogen and oxygen atoms in total. The highest BCUT2D eigenvalue weighted by Gasteiger charge is 2.21. The van der Waals surface area contributed by atoms with E-state index in [0.29, 0.717) is 12.3 Å². The van der Waals surface area contributed by atoms with Crippen molar-refractivity contribution in [3.63, 3.8) is 0 Å². The van der Waals surface area contributed by atoms with E-state index in [0.717, 1.165) is 19.4 Å². The number of hydrogen-bond donors (Lipinski definition) is 0. The van der Waals surface area contributed by atoms with Crippen molar-refractivity contribution in [2.24, 2.45) is 5.92 Å². The van der Waals surface area contributed by atoms with E-state index in [-0.39, 0.29) is 6.29 Å². The third-order valence-electron chi connectivity index (χ3n) is 2.00. The molecular formula is C8H13NO2. The number of rotatable bonds is 2. The van der Waals surface area contributed by atoms with E-state index < -0.39 is 0 Å². The van der Waals surface area contributed by atoms with Gasteiger partial charge in [0.05, 0.1) is 12.7 Å². The number of methoxy groups -OCH3 is 1. The van der Waals surface area contributed by atoms with Crippen LogP contribution < -0.4 is 0 Å². The second-order valence-electron chi connectivity index (χ2n) is 2.79. The molecule has 0 aromatic heterocycles. The number of ether oxygens (including phenoxy) is 2. The maximum absolute atomic E-state index is 8.45. The van der Waals surface area contributed by atoms with Crippen molar-refractivity contribution in [3.05, 3.63) is 0 Å². The minimum atomic E-state index is -0.0814. The summed E-state index contributed by atoms with van der Waals surface area (Å²) in [5, 5.41) is 8.45. The molecule has 1 aliphatic rings. The minimum absolute atomic E-state index is 0.0814. The summed E-state index contributed by atoms with van der Waals surface area (Å²) in [6.07, 6.45) is 2.41. The highest BCUT2D eigenvalue weighted by molar-refractivity contribution is 4.78.